The Morgan fingerprint density at radius 3 is 3.22 bits per heavy atom. The summed E-state index contributed by atoms with van der Waals surface area (Å²) in [6.45, 7) is 2.75. The van der Waals surface area contributed by atoms with E-state index in [1.165, 1.54) is 11.3 Å². The number of carbonyl (C=O) groups excluding carboxylic acids is 1. The maximum atomic E-state index is 10.2. The molecule has 1 atom stereocenters. The zero-order valence-corrected chi connectivity index (χ0v) is 10.7. The molecule has 0 radical (unpaired) electrons. The molecule has 0 amide bonds. The molecule has 0 aliphatic carbocycles. The van der Waals surface area contributed by atoms with Gasteiger partial charge in [0.2, 0.25) is 0 Å². The first-order valence-corrected chi connectivity index (χ1v) is 6.35. The molecule has 0 aliphatic rings. The summed E-state index contributed by atoms with van der Waals surface area (Å²) in [5, 5.41) is 4.21. The smallest absolute Gasteiger partial charge is 0.293 e. The molecule has 0 saturated heterocycles. The monoisotopic (exact) mass is 263 g/mol. The standard InChI is InChI=1S/C12H13N3O2S/c1-9(6-17-8-16)11-12(18-7-14-11)15-10-3-2-4-13-5-10/h2-5,7-9,15H,6H2,1H3. The van der Waals surface area contributed by atoms with Gasteiger partial charge in [-0.1, -0.05) is 6.92 Å². The normalized spacial score (nSPS) is 11.8. The van der Waals surface area contributed by atoms with Crippen molar-refractivity contribution in [3.05, 3.63) is 35.7 Å². The minimum absolute atomic E-state index is 0.0561. The quantitative estimate of drug-likeness (QED) is 0.811. The van der Waals surface area contributed by atoms with Gasteiger partial charge in [0.25, 0.3) is 6.47 Å². The first kappa shape index (κ1) is 12.5. The fraction of sp³-hybridized carbons (Fsp3) is 0.250. The highest BCUT2D eigenvalue weighted by Crippen LogP contribution is 2.29. The van der Waals surface area contributed by atoms with E-state index in [9.17, 15) is 4.79 Å². The van der Waals surface area contributed by atoms with E-state index in [0.717, 1.165) is 16.4 Å². The number of aromatic nitrogens is 2. The number of rotatable bonds is 6. The number of anilines is 2. The van der Waals surface area contributed by atoms with Crippen molar-refractivity contribution in [3.8, 4) is 0 Å². The molecule has 0 saturated carbocycles. The third kappa shape index (κ3) is 3.04. The van der Waals surface area contributed by atoms with Crippen LogP contribution in [0, 0.1) is 0 Å². The highest BCUT2D eigenvalue weighted by Gasteiger charge is 2.14. The predicted molar refractivity (Wildman–Crippen MR) is 70.1 cm³/mol. The second-order valence-corrected chi connectivity index (χ2v) is 4.62. The van der Waals surface area contributed by atoms with Gasteiger partial charge in [0.05, 0.1) is 29.7 Å². The Balaban J connectivity index is 2.10. The van der Waals surface area contributed by atoms with Gasteiger partial charge in [-0.2, -0.15) is 0 Å². The van der Waals surface area contributed by atoms with E-state index in [1.807, 2.05) is 19.1 Å². The van der Waals surface area contributed by atoms with Gasteiger partial charge in [-0.3, -0.25) is 9.78 Å². The Kier molecular flexibility index (Phi) is 4.25. The number of pyridine rings is 1. The number of ether oxygens (including phenoxy) is 1. The van der Waals surface area contributed by atoms with E-state index >= 15 is 0 Å². The Morgan fingerprint density at radius 1 is 1.61 bits per heavy atom. The maximum Gasteiger partial charge on any atom is 0.293 e. The number of hydrogen-bond acceptors (Lipinski definition) is 6. The van der Waals surface area contributed by atoms with E-state index in [0.29, 0.717) is 13.1 Å². The van der Waals surface area contributed by atoms with E-state index < -0.39 is 0 Å². The Morgan fingerprint density at radius 2 is 2.50 bits per heavy atom. The molecular weight excluding hydrogens is 250 g/mol. The molecule has 0 spiro atoms. The van der Waals surface area contributed by atoms with Crippen LogP contribution >= 0.6 is 11.3 Å². The molecule has 1 N–H and O–H groups in total. The van der Waals surface area contributed by atoms with Crippen LogP contribution in [-0.2, 0) is 9.53 Å². The number of carbonyl (C=O) groups is 1. The van der Waals surface area contributed by atoms with Crippen LogP contribution in [0.3, 0.4) is 0 Å². The van der Waals surface area contributed by atoms with Crippen molar-refractivity contribution in [2.45, 2.75) is 12.8 Å². The fourth-order valence-corrected chi connectivity index (χ4v) is 2.35. The summed E-state index contributed by atoms with van der Waals surface area (Å²) in [5.74, 6) is 0.0561. The van der Waals surface area contributed by atoms with Gasteiger partial charge in [-0.05, 0) is 12.1 Å². The fourth-order valence-electron chi connectivity index (χ4n) is 1.53. The maximum absolute atomic E-state index is 10.2. The molecule has 2 rings (SSSR count). The van der Waals surface area contributed by atoms with Gasteiger partial charge >= 0.3 is 0 Å². The van der Waals surface area contributed by atoms with Crippen molar-refractivity contribution >= 4 is 28.5 Å². The third-order valence-corrected chi connectivity index (χ3v) is 3.15. The zero-order chi connectivity index (χ0) is 12.8. The summed E-state index contributed by atoms with van der Waals surface area (Å²) in [5.41, 5.74) is 3.57. The van der Waals surface area contributed by atoms with E-state index in [2.05, 4.69) is 15.3 Å². The molecule has 6 heteroatoms. The highest BCUT2D eigenvalue weighted by atomic mass is 32.1. The van der Waals surface area contributed by atoms with Crippen LogP contribution in [0.1, 0.15) is 18.5 Å². The van der Waals surface area contributed by atoms with Crippen LogP contribution in [0.25, 0.3) is 0 Å². The van der Waals surface area contributed by atoms with Gasteiger partial charge in [-0.25, -0.2) is 4.98 Å². The average molecular weight is 263 g/mol. The van der Waals surface area contributed by atoms with Crippen LogP contribution in [0.15, 0.2) is 30.0 Å². The van der Waals surface area contributed by atoms with Crippen molar-refractivity contribution in [1.29, 1.82) is 0 Å². The first-order valence-electron chi connectivity index (χ1n) is 5.47. The summed E-state index contributed by atoms with van der Waals surface area (Å²) in [6, 6.07) is 3.80. The molecule has 2 aromatic heterocycles. The molecule has 94 valence electrons. The van der Waals surface area contributed by atoms with Crippen LogP contribution in [0.2, 0.25) is 0 Å². The average Bonchev–Trinajstić information content (AvgIpc) is 2.85. The number of nitrogens with one attached hydrogen (secondary N) is 1. The van der Waals surface area contributed by atoms with Crippen LogP contribution in [0.4, 0.5) is 10.7 Å². The number of hydrogen-bond donors (Lipinski definition) is 1. The first-order chi connectivity index (χ1) is 8.81. The lowest BCUT2D eigenvalue weighted by Gasteiger charge is -2.11. The van der Waals surface area contributed by atoms with Crippen molar-refractivity contribution in [2.75, 3.05) is 11.9 Å². The van der Waals surface area contributed by atoms with Crippen LogP contribution in [0.5, 0.6) is 0 Å². The summed E-state index contributed by atoms with van der Waals surface area (Å²) < 4.78 is 4.77. The molecule has 0 fully saturated rings. The largest absolute Gasteiger partial charge is 0.467 e. The lowest BCUT2D eigenvalue weighted by molar-refractivity contribution is -0.129. The van der Waals surface area contributed by atoms with Gasteiger partial charge in [0.1, 0.15) is 5.00 Å². The van der Waals surface area contributed by atoms with E-state index in [4.69, 9.17) is 4.74 Å². The predicted octanol–water partition coefficient (Wildman–Crippen LogP) is 2.56. The van der Waals surface area contributed by atoms with Crippen LogP contribution < -0.4 is 5.32 Å². The second kappa shape index (κ2) is 6.11. The molecular formula is C12H13N3O2S. The molecule has 0 aliphatic heterocycles. The number of nitrogens with zero attached hydrogens (tertiary/aromatic N) is 2. The molecule has 5 nitrogen and oxygen atoms in total. The van der Waals surface area contributed by atoms with Crippen molar-refractivity contribution in [1.82, 2.24) is 9.97 Å². The van der Waals surface area contributed by atoms with Gasteiger partial charge in [-0.15, -0.1) is 11.3 Å². The molecule has 2 heterocycles. The SMILES string of the molecule is CC(COC=O)c1ncsc1Nc1cccnc1. The minimum atomic E-state index is 0.0561. The summed E-state index contributed by atoms with van der Waals surface area (Å²) in [4.78, 5) is 18.5. The van der Waals surface area contributed by atoms with Gasteiger partial charge < -0.3 is 10.1 Å². The zero-order valence-electron chi connectivity index (χ0n) is 9.87. The summed E-state index contributed by atoms with van der Waals surface area (Å²) in [6.07, 6.45) is 3.47. The Bertz CT molecular complexity index is 501. The number of thiazole rings is 1. The molecule has 2 aromatic rings. The lowest BCUT2D eigenvalue weighted by Crippen LogP contribution is -2.05. The lowest BCUT2D eigenvalue weighted by atomic mass is 10.1. The molecule has 0 bridgehead atoms. The van der Waals surface area contributed by atoms with Gasteiger partial charge in [0.15, 0.2) is 0 Å². The molecule has 18 heavy (non-hydrogen) atoms. The topological polar surface area (TPSA) is 64.1 Å². The molecule has 1 unspecified atom stereocenters. The highest BCUT2D eigenvalue weighted by molar-refractivity contribution is 7.14. The van der Waals surface area contributed by atoms with Crippen molar-refractivity contribution in [2.24, 2.45) is 0 Å². The minimum Gasteiger partial charge on any atom is -0.467 e. The molecule has 0 aromatic carbocycles. The Labute approximate surface area is 109 Å². The van der Waals surface area contributed by atoms with E-state index in [-0.39, 0.29) is 5.92 Å². The Hall–Kier alpha value is -1.95. The van der Waals surface area contributed by atoms with Crippen molar-refractivity contribution in [3.63, 3.8) is 0 Å². The van der Waals surface area contributed by atoms with Crippen LogP contribution in [-0.4, -0.2) is 23.0 Å². The van der Waals surface area contributed by atoms with Gasteiger partial charge in [0, 0.05) is 12.1 Å². The second-order valence-electron chi connectivity index (χ2n) is 3.76. The third-order valence-electron chi connectivity index (χ3n) is 2.40. The summed E-state index contributed by atoms with van der Waals surface area (Å²) in [7, 11) is 0. The summed E-state index contributed by atoms with van der Waals surface area (Å²) >= 11 is 1.51. The van der Waals surface area contributed by atoms with E-state index in [1.54, 1.807) is 17.9 Å². The van der Waals surface area contributed by atoms with Crippen molar-refractivity contribution < 1.29 is 9.53 Å².